The van der Waals surface area contributed by atoms with Gasteiger partial charge in [-0.3, -0.25) is 9.59 Å². The third-order valence-electron chi connectivity index (χ3n) is 5.92. The molecule has 2 aliphatic heterocycles. The van der Waals surface area contributed by atoms with Gasteiger partial charge in [-0.1, -0.05) is 35.4 Å². The van der Waals surface area contributed by atoms with Crippen LogP contribution < -0.4 is 5.73 Å². The molecule has 9 nitrogen and oxygen atoms in total. The Balaban J connectivity index is 1.62. The van der Waals surface area contributed by atoms with Crippen LogP contribution in [0.2, 0.25) is 0 Å². The van der Waals surface area contributed by atoms with Crippen molar-refractivity contribution in [3.63, 3.8) is 0 Å². The summed E-state index contributed by atoms with van der Waals surface area (Å²) in [7, 11) is 0. The molecule has 148 valence electrons. The number of aromatic nitrogens is 4. The quantitative estimate of drug-likeness (QED) is 0.733. The second-order valence-corrected chi connectivity index (χ2v) is 7.49. The Morgan fingerprint density at radius 3 is 2.75 bits per heavy atom. The van der Waals surface area contributed by atoms with Crippen molar-refractivity contribution >= 4 is 17.8 Å². The van der Waals surface area contributed by atoms with Crippen molar-refractivity contribution in [2.45, 2.75) is 51.2 Å². The van der Waals surface area contributed by atoms with Gasteiger partial charge >= 0.3 is 5.97 Å². The van der Waals surface area contributed by atoms with Crippen LogP contribution in [0.5, 0.6) is 0 Å². The van der Waals surface area contributed by atoms with E-state index in [9.17, 15) is 9.59 Å². The number of anilines is 1. The summed E-state index contributed by atoms with van der Waals surface area (Å²) in [6.45, 7) is 2.10. The summed E-state index contributed by atoms with van der Waals surface area (Å²) < 4.78 is 6.75. The number of fused-ring (bicyclic) bond motifs is 2. The first-order valence-corrected chi connectivity index (χ1v) is 9.59. The minimum atomic E-state index is -0.720. The number of hydrogen-bond acceptors (Lipinski definition) is 7. The van der Waals surface area contributed by atoms with E-state index in [0.29, 0.717) is 19.4 Å². The van der Waals surface area contributed by atoms with Crippen molar-refractivity contribution in [3.05, 3.63) is 35.9 Å². The monoisotopic (exact) mass is 384 g/mol. The molecule has 2 aromatic rings. The maximum atomic E-state index is 13.1. The summed E-state index contributed by atoms with van der Waals surface area (Å²) in [4.78, 5) is 28.0. The van der Waals surface area contributed by atoms with E-state index in [1.807, 2.05) is 42.2 Å². The molecule has 9 heteroatoms. The van der Waals surface area contributed by atoms with Crippen molar-refractivity contribution in [1.29, 1.82) is 0 Å². The smallest absolute Gasteiger partial charge is 0.314 e. The summed E-state index contributed by atoms with van der Waals surface area (Å²) >= 11 is 0. The molecule has 3 atom stereocenters. The molecule has 0 spiro atoms. The molecule has 3 heterocycles. The number of amides is 1. The summed E-state index contributed by atoms with van der Waals surface area (Å²) in [5.74, 6) is -0.239. The van der Waals surface area contributed by atoms with Gasteiger partial charge in [0.05, 0.1) is 12.0 Å². The van der Waals surface area contributed by atoms with Crippen LogP contribution in [0.3, 0.4) is 0 Å². The van der Waals surface area contributed by atoms with Crippen molar-refractivity contribution in [3.8, 4) is 0 Å². The number of benzene rings is 1. The van der Waals surface area contributed by atoms with Crippen LogP contribution in [0.1, 0.15) is 31.7 Å². The third kappa shape index (κ3) is 3.00. The van der Waals surface area contributed by atoms with Crippen molar-refractivity contribution < 1.29 is 14.3 Å². The second-order valence-electron chi connectivity index (χ2n) is 7.49. The number of carbonyl (C=O) groups excluding carboxylic acids is 2. The molecule has 1 amide bonds. The number of hydrogen-bond donors (Lipinski definition) is 1. The van der Waals surface area contributed by atoms with Crippen LogP contribution in [0.4, 0.5) is 5.95 Å². The largest absolute Gasteiger partial charge is 0.465 e. The molecule has 0 saturated carbocycles. The number of nitrogen functional groups attached to an aromatic ring is 1. The molecule has 1 aromatic carbocycles. The van der Waals surface area contributed by atoms with Gasteiger partial charge in [0.15, 0.2) is 0 Å². The van der Waals surface area contributed by atoms with E-state index in [1.165, 1.54) is 4.68 Å². The van der Waals surface area contributed by atoms with E-state index in [1.54, 1.807) is 0 Å². The number of carbonyl (C=O) groups is 2. The standard InChI is InChI=1S/C19H24N6O3/c1-2-28-17(27)19(10-13-6-4-3-5-7-13)11-14-8-9-15(19)25(14)16(26)12-24-18(20)21-22-23-24/h3-7,14-15H,2,8-12H2,1H3,(H2,20,21,23)/t14-,15+,19+/m1/s1. The Kier molecular flexibility index (Phi) is 4.74. The lowest BCUT2D eigenvalue weighted by Gasteiger charge is -2.35. The first kappa shape index (κ1) is 18.4. The first-order valence-electron chi connectivity index (χ1n) is 9.59. The van der Waals surface area contributed by atoms with Gasteiger partial charge in [0.25, 0.3) is 0 Å². The van der Waals surface area contributed by atoms with E-state index in [2.05, 4.69) is 15.5 Å². The molecule has 2 bridgehead atoms. The highest BCUT2D eigenvalue weighted by Crippen LogP contribution is 2.52. The van der Waals surface area contributed by atoms with Crippen LogP contribution in [0.15, 0.2) is 30.3 Å². The van der Waals surface area contributed by atoms with E-state index >= 15 is 0 Å². The minimum absolute atomic E-state index is 0.0170. The maximum Gasteiger partial charge on any atom is 0.314 e. The van der Waals surface area contributed by atoms with Gasteiger partial charge < -0.3 is 15.4 Å². The zero-order chi connectivity index (χ0) is 19.7. The van der Waals surface area contributed by atoms with Gasteiger partial charge in [-0.25, -0.2) is 4.68 Å². The molecule has 0 unspecified atom stereocenters. The third-order valence-corrected chi connectivity index (χ3v) is 5.92. The number of rotatable bonds is 6. The summed E-state index contributed by atoms with van der Waals surface area (Å²) in [6.07, 6.45) is 2.84. The highest BCUT2D eigenvalue weighted by Gasteiger charge is 2.61. The SMILES string of the molecule is CCOC(=O)[C@@]1(Cc2ccccc2)C[C@H]2CC[C@@H]1N2C(=O)Cn1nnnc1N. The van der Waals surface area contributed by atoms with E-state index in [-0.39, 0.29) is 36.5 Å². The molecule has 2 fully saturated rings. The van der Waals surface area contributed by atoms with Gasteiger partial charge in [-0.05, 0) is 48.6 Å². The van der Waals surface area contributed by atoms with Gasteiger partial charge in [-0.15, -0.1) is 0 Å². The van der Waals surface area contributed by atoms with Crippen molar-refractivity contribution in [2.24, 2.45) is 5.41 Å². The normalized spacial score (nSPS) is 25.8. The molecule has 1 aromatic heterocycles. The number of tetrazole rings is 1. The summed E-state index contributed by atoms with van der Waals surface area (Å²) in [5, 5.41) is 10.9. The number of esters is 1. The fourth-order valence-corrected chi connectivity index (χ4v) is 4.81. The Bertz CT molecular complexity index is 870. The lowest BCUT2D eigenvalue weighted by atomic mass is 9.70. The minimum Gasteiger partial charge on any atom is -0.465 e. The Morgan fingerprint density at radius 2 is 2.07 bits per heavy atom. The fraction of sp³-hybridized carbons (Fsp3) is 0.526. The van der Waals surface area contributed by atoms with Crippen LogP contribution >= 0.6 is 0 Å². The predicted molar refractivity (Wildman–Crippen MR) is 99.7 cm³/mol. The molecule has 0 radical (unpaired) electrons. The Labute approximate surface area is 162 Å². The predicted octanol–water partition coefficient (Wildman–Crippen LogP) is 0.811. The number of nitrogens with two attached hydrogens (primary N) is 1. The van der Waals surface area contributed by atoms with Crippen molar-refractivity contribution in [1.82, 2.24) is 25.1 Å². The first-order chi connectivity index (χ1) is 13.5. The number of ether oxygens (including phenoxy) is 1. The highest BCUT2D eigenvalue weighted by molar-refractivity contribution is 5.84. The highest BCUT2D eigenvalue weighted by atomic mass is 16.5. The average Bonchev–Trinajstić information content (AvgIpc) is 3.37. The average molecular weight is 384 g/mol. The fourth-order valence-electron chi connectivity index (χ4n) is 4.81. The van der Waals surface area contributed by atoms with Crippen molar-refractivity contribution in [2.75, 3.05) is 12.3 Å². The lowest BCUT2D eigenvalue weighted by molar-refractivity contribution is -0.158. The maximum absolute atomic E-state index is 13.1. The zero-order valence-electron chi connectivity index (χ0n) is 15.8. The summed E-state index contributed by atoms with van der Waals surface area (Å²) in [5.41, 5.74) is 6.05. The van der Waals surface area contributed by atoms with Crippen LogP contribution in [0, 0.1) is 5.41 Å². The van der Waals surface area contributed by atoms with E-state index in [0.717, 1.165) is 18.4 Å². The van der Waals surface area contributed by atoms with Crippen LogP contribution in [0.25, 0.3) is 0 Å². The topological polar surface area (TPSA) is 116 Å². The molecule has 2 N–H and O–H groups in total. The zero-order valence-corrected chi connectivity index (χ0v) is 15.8. The van der Waals surface area contributed by atoms with Gasteiger partial charge in [0, 0.05) is 12.1 Å². The van der Waals surface area contributed by atoms with Crippen LogP contribution in [-0.2, 0) is 27.3 Å². The van der Waals surface area contributed by atoms with E-state index in [4.69, 9.17) is 10.5 Å². The lowest BCUT2D eigenvalue weighted by Crippen LogP contribution is -2.48. The molecule has 28 heavy (non-hydrogen) atoms. The van der Waals surface area contributed by atoms with Gasteiger partial charge in [0.1, 0.15) is 6.54 Å². The van der Waals surface area contributed by atoms with Gasteiger partial charge in [-0.2, -0.15) is 0 Å². The molecular formula is C19H24N6O3. The number of nitrogens with zero attached hydrogens (tertiary/aromatic N) is 5. The molecule has 4 rings (SSSR count). The van der Waals surface area contributed by atoms with Crippen LogP contribution in [-0.4, -0.2) is 55.7 Å². The second kappa shape index (κ2) is 7.21. The molecule has 2 saturated heterocycles. The van der Waals surface area contributed by atoms with E-state index < -0.39 is 5.41 Å². The Hall–Kier alpha value is -2.97. The molecule has 0 aliphatic carbocycles. The molecular weight excluding hydrogens is 360 g/mol. The van der Waals surface area contributed by atoms with Gasteiger partial charge in [0.2, 0.25) is 11.9 Å². The molecule has 2 aliphatic rings. The Morgan fingerprint density at radius 1 is 1.29 bits per heavy atom. The summed E-state index contributed by atoms with van der Waals surface area (Å²) in [6, 6.07) is 9.73.